The molecule has 0 aliphatic carbocycles. The first-order valence-electron chi connectivity index (χ1n) is 0.622. The van der Waals surface area contributed by atoms with Gasteiger partial charge in [0.2, 0.25) is 0 Å². The molecule has 0 unspecified atom stereocenters. The van der Waals surface area contributed by atoms with Crippen LogP contribution in [0.15, 0.2) is 0 Å². The third kappa shape index (κ3) is 34.2. The van der Waals surface area contributed by atoms with E-state index in [0.29, 0.717) is 0 Å². The molecule has 0 aromatic carbocycles. The maximum Gasteiger partial charge on any atom is 0.0765 e. The molecule has 0 saturated heterocycles. The minimum absolute atomic E-state index is 0. The van der Waals surface area contributed by atoms with Gasteiger partial charge in [-0.2, -0.15) is 0 Å². The molecule has 0 aliphatic rings. The van der Waals surface area contributed by atoms with Crippen LogP contribution in [0, 0.1) is 5.41 Å². The van der Waals surface area contributed by atoms with Gasteiger partial charge in [0.1, 0.15) is 0 Å². The Kier molecular flexibility index (Phi) is 108. The molecule has 0 fully saturated rings. The number of hydrogen-bond acceptors (Lipinski definition) is 1. The summed E-state index contributed by atoms with van der Waals surface area (Å²) in [5.74, 6) is 0. The number of nitrogens with one attached hydrogen (secondary N) is 1. The number of rotatable bonds is 0. The van der Waals surface area contributed by atoms with Crippen molar-refractivity contribution in [2.75, 3.05) is 0 Å². The summed E-state index contributed by atoms with van der Waals surface area (Å²) in [5.41, 5.74) is 4.39. The van der Waals surface area contributed by atoms with Crippen LogP contribution < -0.4 is 5.73 Å². The molecule has 12 radical (unpaired) electrons. The zero-order chi connectivity index (χ0) is 2.71. The van der Waals surface area contributed by atoms with Crippen molar-refractivity contribution < 1.29 is 0 Å². The maximum absolute atomic E-state index is 5.86. The summed E-state index contributed by atoms with van der Waals surface area (Å²) in [6.45, 7) is 0. The van der Waals surface area contributed by atoms with Gasteiger partial charge in [0.15, 0.2) is 0 Å². The van der Waals surface area contributed by atoms with Gasteiger partial charge in [0, 0.05) is 81.9 Å². The molecule has 0 aliphatic heterocycles. The molecule has 0 saturated carbocycles. The Balaban J connectivity index is -0.00000000667. The van der Waals surface area contributed by atoms with Gasteiger partial charge in [-0.05, 0) is 0 Å². The molecule has 3 N–H and O–H groups in total. The molecule has 5 heteroatoms. The number of nitrogens with two attached hydrogens (primary N) is 1. The van der Waals surface area contributed by atoms with Crippen molar-refractivity contribution in [1.82, 2.24) is 0 Å². The molecule has 0 spiro atoms. The van der Waals surface area contributed by atoms with Gasteiger partial charge in [0.05, 0.1) is 6.34 Å². The van der Waals surface area contributed by atoms with Gasteiger partial charge in [-0.25, -0.2) is 0 Å². The topological polar surface area (TPSA) is 49.9 Å². The molecule has 30 valence electrons. The van der Waals surface area contributed by atoms with Gasteiger partial charge in [0.25, 0.3) is 0 Å². The summed E-state index contributed by atoms with van der Waals surface area (Å²) in [4.78, 5) is 0. The molecule has 2 nitrogen and oxygen atoms in total. The van der Waals surface area contributed by atoms with Crippen LogP contribution in [0.25, 0.3) is 0 Å². The summed E-state index contributed by atoms with van der Waals surface area (Å²) in [6, 6.07) is 0. The Labute approximate surface area is 97.6 Å². The van der Waals surface area contributed by atoms with E-state index < -0.39 is 0 Å². The first-order valence-corrected chi connectivity index (χ1v) is 0.622. The summed E-state index contributed by atoms with van der Waals surface area (Å²) in [6.07, 6.45) is 0.750. The van der Waals surface area contributed by atoms with Crippen LogP contribution in [0.3, 0.4) is 0 Å². The quantitative estimate of drug-likeness (QED) is 0.183. The Morgan fingerprint density at radius 2 is 1.17 bits per heavy atom. The molecular formula is CH4N2Pb3. The van der Waals surface area contributed by atoms with E-state index >= 15 is 0 Å². The fourth-order valence-corrected chi connectivity index (χ4v) is 0. The van der Waals surface area contributed by atoms with Gasteiger partial charge >= 0.3 is 0 Å². The average Bonchev–Trinajstić information content (AvgIpc) is 0.918. The van der Waals surface area contributed by atoms with E-state index in [1.165, 1.54) is 0 Å². The molecular weight excluding hydrogens is 662 g/mol. The van der Waals surface area contributed by atoms with Gasteiger partial charge in [-0.15, -0.1) is 0 Å². The predicted octanol–water partition coefficient (Wildman–Crippen LogP) is -1.59. The summed E-state index contributed by atoms with van der Waals surface area (Å²) in [5, 5.41) is 5.86. The third-order valence-electron chi connectivity index (χ3n) is 0. The first kappa shape index (κ1) is 24.0. The van der Waals surface area contributed by atoms with Crippen LogP contribution in [0.5, 0.6) is 0 Å². The minimum Gasteiger partial charge on any atom is -0.390 e. The van der Waals surface area contributed by atoms with Gasteiger partial charge < -0.3 is 5.73 Å². The van der Waals surface area contributed by atoms with Crippen LogP contribution in [0.1, 0.15) is 0 Å². The second-order valence-electron chi connectivity index (χ2n) is 0.167. The molecule has 0 rings (SSSR count). The van der Waals surface area contributed by atoms with Crippen LogP contribution in [-0.2, 0) is 0 Å². The fraction of sp³-hybridized carbons (Fsp3) is 0. The van der Waals surface area contributed by atoms with E-state index in [2.05, 4.69) is 5.73 Å². The normalized spacial score (nSPS) is 2.00. The second kappa shape index (κ2) is 26.9. The molecule has 6 heavy (non-hydrogen) atoms. The standard InChI is InChI=1S/CH4N2.3Pb/c2-1-3;;;/h1H,(H3,2,3);;;. The fourth-order valence-electron chi connectivity index (χ4n) is 0. The van der Waals surface area contributed by atoms with Crippen molar-refractivity contribution in [3.63, 3.8) is 0 Å². The van der Waals surface area contributed by atoms with E-state index in [1.54, 1.807) is 0 Å². The van der Waals surface area contributed by atoms with Gasteiger partial charge in [-0.3, -0.25) is 5.41 Å². The largest absolute Gasteiger partial charge is 0.390 e. The van der Waals surface area contributed by atoms with Crippen molar-refractivity contribution >= 4 is 88.2 Å². The zero-order valence-corrected chi connectivity index (χ0v) is 14.8. The minimum atomic E-state index is 0. The zero-order valence-electron chi connectivity index (χ0n) is 3.15. The van der Waals surface area contributed by atoms with Crippen LogP contribution in [0.2, 0.25) is 0 Å². The Morgan fingerprint density at radius 1 is 1.17 bits per heavy atom. The molecule has 0 amide bonds. The van der Waals surface area contributed by atoms with E-state index in [4.69, 9.17) is 5.41 Å². The van der Waals surface area contributed by atoms with Crippen LogP contribution in [0.4, 0.5) is 0 Å². The maximum atomic E-state index is 5.86. The van der Waals surface area contributed by atoms with Crippen LogP contribution in [-0.4, -0.2) is 88.2 Å². The smallest absolute Gasteiger partial charge is 0.0765 e. The SMILES string of the molecule is N=CN.[Pb].[Pb].[Pb]. The third-order valence-corrected chi connectivity index (χ3v) is 0. The molecule has 0 aromatic rings. The van der Waals surface area contributed by atoms with Gasteiger partial charge in [-0.1, -0.05) is 0 Å². The molecule has 0 bridgehead atoms. The van der Waals surface area contributed by atoms with E-state index in [9.17, 15) is 0 Å². The van der Waals surface area contributed by atoms with Crippen molar-refractivity contribution in [1.29, 1.82) is 5.41 Å². The Morgan fingerprint density at radius 3 is 1.17 bits per heavy atom. The summed E-state index contributed by atoms with van der Waals surface area (Å²) < 4.78 is 0. The molecule has 0 atom stereocenters. The van der Waals surface area contributed by atoms with Crippen molar-refractivity contribution in [2.24, 2.45) is 5.73 Å². The molecule has 0 heterocycles. The first-order chi connectivity index (χ1) is 1.41. The summed E-state index contributed by atoms with van der Waals surface area (Å²) >= 11 is 0. The van der Waals surface area contributed by atoms with E-state index in [0.717, 1.165) is 6.34 Å². The monoisotopic (exact) mass is 668 g/mol. The molecule has 0 aromatic heterocycles. The van der Waals surface area contributed by atoms with Crippen molar-refractivity contribution in [2.45, 2.75) is 0 Å². The number of hydrogen-bond donors (Lipinski definition) is 2. The Hall–Kier alpha value is 2.24. The Bertz CT molecular complexity index is 16.3. The van der Waals surface area contributed by atoms with Crippen molar-refractivity contribution in [3.8, 4) is 0 Å². The predicted molar refractivity (Wildman–Crippen MR) is 30.2 cm³/mol. The second-order valence-corrected chi connectivity index (χ2v) is 0.167. The average molecular weight is 666 g/mol. The van der Waals surface area contributed by atoms with E-state index in [-0.39, 0.29) is 81.9 Å². The van der Waals surface area contributed by atoms with Crippen LogP contribution >= 0.6 is 0 Å². The van der Waals surface area contributed by atoms with E-state index in [1.807, 2.05) is 0 Å². The summed E-state index contributed by atoms with van der Waals surface area (Å²) in [7, 11) is 0. The van der Waals surface area contributed by atoms with Crippen molar-refractivity contribution in [3.05, 3.63) is 0 Å².